The van der Waals surface area contributed by atoms with Crippen molar-refractivity contribution in [3.8, 4) is 0 Å². The van der Waals surface area contributed by atoms with Crippen molar-refractivity contribution in [2.24, 2.45) is 0 Å². The number of benzene rings is 1. The Bertz CT molecular complexity index is 587. The molecule has 0 saturated carbocycles. The Morgan fingerprint density at radius 3 is 2.71 bits per heavy atom. The highest BCUT2D eigenvalue weighted by atomic mass is 15.0. The fourth-order valence-corrected chi connectivity index (χ4v) is 2.68. The van der Waals surface area contributed by atoms with Crippen LogP contribution in [0.4, 0.5) is 0 Å². The average molecular weight is 284 g/mol. The van der Waals surface area contributed by atoms with Crippen LogP contribution in [-0.4, -0.2) is 16.7 Å². The molecule has 0 atom stereocenters. The molecular weight excluding hydrogens is 256 g/mol. The number of hydrogen-bond acceptors (Lipinski definition) is 1. The molecule has 21 heavy (non-hydrogen) atoms. The molecule has 0 spiro atoms. The van der Waals surface area contributed by atoms with Gasteiger partial charge in [0.1, 0.15) is 0 Å². The molecule has 2 heteroatoms. The third-order valence-electron chi connectivity index (χ3n) is 3.72. The van der Waals surface area contributed by atoms with Crippen molar-refractivity contribution in [2.45, 2.75) is 52.1 Å². The molecular formula is C19H28N2. The van der Waals surface area contributed by atoms with Gasteiger partial charge in [0.25, 0.3) is 0 Å². The average Bonchev–Trinajstić information content (AvgIpc) is 2.79. The summed E-state index contributed by atoms with van der Waals surface area (Å²) >= 11 is 0. The highest BCUT2D eigenvalue weighted by Crippen LogP contribution is 2.23. The van der Waals surface area contributed by atoms with E-state index in [4.69, 9.17) is 0 Å². The van der Waals surface area contributed by atoms with Crippen LogP contribution in [0.2, 0.25) is 0 Å². The molecule has 0 aliphatic carbocycles. The molecule has 0 fully saturated rings. The van der Waals surface area contributed by atoms with Crippen molar-refractivity contribution in [3.05, 3.63) is 48.7 Å². The highest BCUT2D eigenvalue weighted by molar-refractivity contribution is 5.83. The van der Waals surface area contributed by atoms with E-state index in [1.807, 2.05) is 6.08 Å². The van der Waals surface area contributed by atoms with Gasteiger partial charge in [-0.25, -0.2) is 0 Å². The lowest BCUT2D eigenvalue weighted by Gasteiger charge is -2.20. The topological polar surface area (TPSA) is 17.0 Å². The van der Waals surface area contributed by atoms with Crippen molar-refractivity contribution in [1.29, 1.82) is 0 Å². The first-order valence-corrected chi connectivity index (χ1v) is 7.94. The molecule has 0 radical (unpaired) electrons. The van der Waals surface area contributed by atoms with Crippen LogP contribution in [0.25, 0.3) is 10.9 Å². The summed E-state index contributed by atoms with van der Waals surface area (Å²) in [5.74, 6) is 0. The summed E-state index contributed by atoms with van der Waals surface area (Å²) in [5.41, 5.74) is 3.02. The Hall–Kier alpha value is -1.54. The Balaban J connectivity index is 2.07. The number of aromatic nitrogens is 1. The maximum Gasteiger partial charge on any atom is 0.0483 e. The Morgan fingerprint density at radius 1 is 1.24 bits per heavy atom. The third-order valence-corrected chi connectivity index (χ3v) is 3.72. The van der Waals surface area contributed by atoms with Crippen molar-refractivity contribution >= 4 is 10.9 Å². The predicted molar refractivity (Wildman–Crippen MR) is 92.8 cm³/mol. The Morgan fingerprint density at radius 2 is 2.00 bits per heavy atom. The summed E-state index contributed by atoms with van der Waals surface area (Å²) in [4.78, 5) is 0. The number of hydrogen-bond donors (Lipinski definition) is 1. The molecule has 1 aromatic carbocycles. The van der Waals surface area contributed by atoms with Crippen LogP contribution in [0, 0.1) is 0 Å². The number of nitrogens with one attached hydrogen (secondary N) is 1. The summed E-state index contributed by atoms with van der Waals surface area (Å²) < 4.78 is 2.36. The highest BCUT2D eigenvalue weighted by Gasteiger charge is 2.10. The van der Waals surface area contributed by atoms with Crippen LogP contribution in [-0.2, 0) is 13.0 Å². The van der Waals surface area contributed by atoms with Crippen LogP contribution >= 0.6 is 0 Å². The van der Waals surface area contributed by atoms with E-state index in [1.54, 1.807) is 0 Å². The van der Waals surface area contributed by atoms with Gasteiger partial charge >= 0.3 is 0 Å². The number of nitrogens with zero attached hydrogens (tertiary/aromatic N) is 1. The van der Waals surface area contributed by atoms with E-state index in [9.17, 15) is 0 Å². The second kappa shape index (κ2) is 6.95. The molecule has 2 aromatic rings. The molecule has 114 valence electrons. The van der Waals surface area contributed by atoms with Gasteiger partial charge < -0.3 is 9.88 Å². The van der Waals surface area contributed by atoms with E-state index in [2.05, 4.69) is 67.7 Å². The van der Waals surface area contributed by atoms with Gasteiger partial charge in [0.2, 0.25) is 0 Å². The van der Waals surface area contributed by atoms with Crippen LogP contribution in [0.3, 0.4) is 0 Å². The quantitative estimate of drug-likeness (QED) is 0.583. The second-order valence-electron chi connectivity index (χ2n) is 6.72. The monoisotopic (exact) mass is 284 g/mol. The van der Waals surface area contributed by atoms with Crippen molar-refractivity contribution in [3.63, 3.8) is 0 Å². The molecule has 0 aliphatic rings. The Labute approximate surface area is 128 Å². The first-order valence-electron chi connectivity index (χ1n) is 7.94. The minimum atomic E-state index is 0.206. The van der Waals surface area contributed by atoms with E-state index in [0.717, 1.165) is 25.9 Å². The smallest absolute Gasteiger partial charge is 0.0483 e. The summed E-state index contributed by atoms with van der Waals surface area (Å²) in [6.07, 6.45) is 7.63. The summed E-state index contributed by atoms with van der Waals surface area (Å²) in [6, 6.07) is 8.72. The third kappa shape index (κ3) is 4.47. The number of para-hydroxylation sites is 1. The summed E-state index contributed by atoms with van der Waals surface area (Å²) in [5, 5.41) is 4.96. The van der Waals surface area contributed by atoms with Crippen molar-refractivity contribution in [2.75, 3.05) is 6.54 Å². The van der Waals surface area contributed by atoms with Gasteiger partial charge in [-0.3, -0.25) is 0 Å². The molecule has 0 amide bonds. The molecule has 1 heterocycles. The molecule has 2 rings (SSSR count). The van der Waals surface area contributed by atoms with Crippen molar-refractivity contribution in [1.82, 2.24) is 9.88 Å². The van der Waals surface area contributed by atoms with Gasteiger partial charge in [0, 0.05) is 29.2 Å². The van der Waals surface area contributed by atoms with Crippen LogP contribution in [0.5, 0.6) is 0 Å². The number of aryl methyl sites for hydroxylation is 2. The van der Waals surface area contributed by atoms with Gasteiger partial charge in [-0.1, -0.05) is 24.3 Å². The van der Waals surface area contributed by atoms with Gasteiger partial charge in [0.05, 0.1) is 0 Å². The fourth-order valence-electron chi connectivity index (χ4n) is 2.68. The summed E-state index contributed by atoms with van der Waals surface area (Å²) in [7, 11) is 0. The lowest BCUT2D eigenvalue weighted by atomic mass is 10.1. The van der Waals surface area contributed by atoms with E-state index < -0.39 is 0 Å². The molecule has 0 aliphatic heterocycles. The van der Waals surface area contributed by atoms with Crippen LogP contribution in [0.1, 0.15) is 39.2 Å². The zero-order chi connectivity index (χ0) is 15.3. The van der Waals surface area contributed by atoms with Gasteiger partial charge in [-0.05, 0) is 58.2 Å². The molecule has 0 saturated heterocycles. The van der Waals surface area contributed by atoms with Gasteiger partial charge in [0.15, 0.2) is 0 Å². The van der Waals surface area contributed by atoms with Crippen molar-refractivity contribution < 1.29 is 0 Å². The van der Waals surface area contributed by atoms with E-state index in [1.165, 1.54) is 22.9 Å². The first-order chi connectivity index (χ1) is 10.0. The maximum absolute atomic E-state index is 3.82. The standard InChI is InChI=1S/C19H28N2/c1-5-6-14-21-15-16(10-9-13-20-19(2,3)4)17-11-7-8-12-18(17)21/h5,7-8,11-12,15,20H,1,6,9-10,13-14H2,2-4H3. The number of allylic oxidation sites excluding steroid dienone is 1. The Kier molecular flexibility index (Phi) is 5.24. The largest absolute Gasteiger partial charge is 0.347 e. The summed E-state index contributed by atoms with van der Waals surface area (Å²) in [6.45, 7) is 12.6. The molecule has 2 nitrogen and oxygen atoms in total. The maximum atomic E-state index is 3.82. The van der Waals surface area contributed by atoms with E-state index in [0.29, 0.717) is 0 Å². The zero-order valence-corrected chi connectivity index (χ0v) is 13.7. The molecule has 0 bridgehead atoms. The van der Waals surface area contributed by atoms with Crippen LogP contribution < -0.4 is 5.32 Å². The number of fused-ring (bicyclic) bond motifs is 1. The second-order valence-corrected chi connectivity index (χ2v) is 6.72. The predicted octanol–water partition coefficient (Wildman–Crippen LogP) is 4.54. The van der Waals surface area contributed by atoms with Gasteiger partial charge in [-0.15, -0.1) is 6.58 Å². The molecule has 0 unspecified atom stereocenters. The SMILES string of the molecule is C=CCCn1cc(CCCNC(C)(C)C)c2ccccc21. The molecule has 1 N–H and O–H groups in total. The lowest BCUT2D eigenvalue weighted by Crippen LogP contribution is -2.36. The zero-order valence-electron chi connectivity index (χ0n) is 13.7. The molecule has 1 aromatic heterocycles. The van der Waals surface area contributed by atoms with Gasteiger partial charge in [-0.2, -0.15) is 0 Å². The first kappa shape index (κ1) is 15.8. The lowest BCUT2D eigenvalue weighted by molar-refractivity contribution is 0.422. The minimum absolute atomic E-state index is 0.206. The normalized spacial score (nSPS) is 12.0. The van der Waals surface area contributed by atoms with E-state index in [-0.39, 0.29) is 5.54 Å². The van der Waals surface area contributed by atoms with E-state index >= 15 is 0 Å². The fraction of sp³-hybridized carbons (Fsp3) is 0.474. The number of rotatable bonds is 7. The minimum Gasteiger partial charge on any atom is -0.347 e. The van der Waals surface area contributed by atoms with Crippen LogP contribution in [0.15, 0.2) is 43.1 Å².